The monoisotopic (exact) mass is 192 g/mol. The molecule has 0 amide bonds. The number of aliphatic imine (C=N–C) groups is 1. The van der Waals surface area contributed by atoms with Crippen molar-refractivity contribution >= 4 is 5.84 Å². The van der Waals surface area contributed by atoms with Crippen molar-refractivity contribution in [1.82, 2.24) is 5.06 Å². The second-order valence-electron chi connectivity index (χ2n) is 2.88. The summed E-state index contributed by atoms with van der Waals surface area (Å²) in [5.74, 6) is 0.635. The Kier molecular flexibility index (Phi) is 4.13. The van der Waals surface area contributed by atoms with Gasteiger partial charge in [-0.05, 0) is 13.8 Å². The predicted molar refractivity (Wildman–Crippen MR) is 57.7 cm³/mol. The Morgan fingerprint density at radius 3 is 2.43 bits per heavy atom. The molecular weight excluding hydrogens is 176 g/mol. The summed E-state index contributed by atoms with van der Waals surface area (Å²) in [4.78, 5) is 4.26. The number of hydroxylamine groups is 2. The largest absolute Gasteiger partial charge is 0.287 e. The third kappa shape index (κ3) is 2.57. The molecule has 0 aromatic heterocycles. The zero-order valence-corrected chi connectivity index (χ0v) is 8.64. The van der Waals surface area contributed by atoms with Gasteiger partial charge in [0.1, 0.15) is 0 Å². The molecule has 0 aliphatic carbocycles. The van der Waals surface area contributed by atoms with E-state index in [4.69, 9.17) is 0 Å². The summed E-state index contributed by atoms with van der Waals surface area (Å²) in [6, 6.07) is 9.69. The molecule has 0 unspecified atom stereocenters. The fourth-order valence-corrected chi connectivity index (χ4v) is 1.21. The highest BCUT2D eigenvalue weighted by Gasteiger charge is 2.07. The lowest BCUT2D eigenvalue weighted by Crippen LogP contribution is -2.28. The van der Waals surface area contributed by atoms with E-state index in [9.17, 15) is 5.21 Å². The van der Waals surface area contributed by atoms with Crippen LogP contribution in [0, 0.1) is 0 Å². The molecule has 1 N–H and O–H groups in total. The molecule has 0 radical (unpaired) electrons. The van der Waals surface area contributed by atoms with Gasteiger partial charge in [-0.25, -0.2) is 5.06 Å². The fraction of sp³-hybridized carbons (Fsp3) is 0.364. The minimum atomic E-state index is 0.535. The van der Waals surface area contributed by atoms with Crippen molar-refractivity contribution in [1.29, 1.82) is 0 Å². The molecule has 1 rings (SSSR count). The first-order valence-corrected chi connectivity index (χ1v) is 4.85. The molecule has 0 atom stereocenters. The van der Waals surface area contributed by atoms with Gasteiger partial charge in [-0.3, -0.25) is 10.2 Å². The average molecular weight is 192 g/mol. The Morgan fingerprint density at radius 2 is 1.93 bits per heavy atom. The summed E-state index contributed by atoms with van der Waals surface area (Å²) < 4.78 is 0. The number of rotatable bonds is 3. The van der Waals surface area contributed by atoms with Crippen LogP contribution in [0.4, 0.5) is 0 Å². The van der Waals surface area contributed by atoms with Gasteiger partial charge in [0.15, 0.2) is 5.84 Å². The van der Waals surface area contributed by atoms with Crippen molar-refractivity contribution in [2.75, 3.05) is 13.1 Å². The van der Waals surface area contributed by atoms with E-state index in [1.54, 1.807) is 0 Å². The molecule has 3 nitrogen and oxygen atoms in total. The van der Waals surface area contributed by atoms with Gasteiger partial charge >= 0.3 is 0 Å². The predicted octanol–water partition coefficient (Wildman–Crippen LogP) is 2.16. The summed E-state index contributed by atoms with van der Waals surface area (Å²) >= 11 is 0. The molecular formula is C11H16N2O. The van der Waals surface area contributed by atoms with E-state index >= 15 is 0 Å². The second kappa shape index (κ2) is 5.40. The van der Waals surface area contributed by atoms with Crippen LogP contribution in [0.15, 0.2) is 35.3 Å². The van der Waals surface area contributed by atoms with Gasteiger partial charge < -0.3 is 0 Å². The summed E-state index contributed by atoms with van der Waals surface area (Å²) in [6.07, 6.45) is 0. The molecule has 1 aromatic carbocycles. The maximum atomic E-state index is 9.60. The van der Waals surface area contributed by atoms with Gasteiger partial charge in [0.25, 0.3) is 0 Å². The van der Waals surface area contributed by atoms with E-state index in [0.29, 0.717) is 18.9 Å². The molecule has 76 valence electrons. The van der Waals surface area contributed by atoms with E-state index in [2.05, 4.69) is 4.99 Å². The first-order chi connectivity index (χ1) is 6.79. The first-order valence-electron chi connectivity index (χ1n) is 4.85. The Balaban J connectivity index is 2.95. The van der Waals surface area contributed by atoms with Crippen LogP contribution in [-0.4, -0.2) is 29.2 Å². The fourth-order valence-electron chi connectivity index (χ4n) is 1.21. The van der Waals surface area contributed by atoms with Gasteiger partial charge in [0.2, 0.25) is 0 Å². The maximum Gasteiger partial charge on any atom is 0.154 e. The number of benzene rings is 1. The van der Waals surface area contributed by atoms with Gasteiger partial charge in [0, 0.05) is 18.7 Å². The highest BCUT2D eigenvalue weighted by atomic mass is 16.5. The van der Waals surface area contributed by atoms with E-state index in [1.165, 1.54) is 5.06 Å². The van der Waals surface area contributed by atoms with Gasteiger partial charge in [0.05, 0.1) is 0 Å². The summed E-state index contributed by atoms with van der Waals surface area (Å²) in [7, 11) is 0. The normalized spacial score (nSPS) is 11.5. The smallest absolute Gasteiger partial charge is 0.154 e. The van der Waals surface area contributed by atoms with Crippen LogP contribution in [0.5, 0.6) is 0 Å². The van der Waals surface area contributed by atoms with E-state index < -0.39 is 0 Å². The third-order valence-corrected chi connectivity index (χ3v) is 1.88. The van der Waals surface area contributed by atoms with Gasteiger partial charge in [-0.15, -0.1) is 0 Å². The Bertz CT molecular complexity index is 295. The van der Waals surface area contributed by atoms with Crippen LogP contribution in [0.1, 0.15) is 19.4 Å². The molecule has 0 saturated heterocycles. The molecule has 3 heteroatoms. The molecule has 0 bridgehead atoms. The minimum Gasteiger partial charge on any atom is -0.287 e. The Morgan fingerprint density at radius 1 is 1.29 bits per heavy atom. The van der Waals surface area contributed by atoms with E-state index in [1.807, 2.05) is 44.2 Å². The summed E-state index contributed by atoms with van der Waals surface area (Å²) in [6.45, 7) is 5.04. The van der Waals surface area contributed by atoms with Crippen molar-refractivity contribution < 1.29 is 5.21 Å². The van der Waals surface area contributed by atoms with Crippen molar-refractivity contribution in [3.8, 4) is 0 Å². The van der Waals surface area contributed by atoms with Crippen molar-refractivity contribution in [2.24, 2.45) is 4.99 Å². The molecule has 1 aromatic rings. The molecule has 0 heterocycles. The SMILES string of the molecule is CCN=C(c1ccccc1)N(O)CC. The number of nitrogens with zero attached hydrogens (tertiary/aromatic N) is 2. The molecule has 0 spiro atoms. The van der Waals surface area contributed by atoms with Gasteiger partial charge in [-0.1, -0.05) is 30.3 Å². The quantitative estimate of drug-likeness (QED) is 0.452. The molecule has 0 saturated carbocycles. The van der Waals surface area contributed by atoms with E-state index in [-0.39, 0.29) is 0 Å². The van der Waals surface area contributed by atoms with Crippen LogP contribution in [0.25, 0.3) is 0 Å². The Hall–Kier alpha value is -1.35. The molecule has 0 aliphatic heterocycles. The average Bonchev–Trinajstić information content (AvgIpc) is 2.26. The minimum absolute atomic E-state index is 0.535. The molecule has 0 fully saturated rings. The van der Waals surface area contributed by atoms with Crippen molar-refractivity contribution in [3.05, 3.63) is 35.9 Å². The van der Waals surface area contributed by atoms with Gasteiger partial charge in [-0.2, -0.15) is 0 Å². The maximum absolute atomic E-state index is 9.60. The number of hydrogen-bond donors (Lipinski definition) is 1. The lowest BCUT2D eigenvalue weighted by molar-refractivity contribution is -0.00873. The molecule has 0 aliphatic rings. The lowest BCUT2D eigenvalue weighted by atomic mass is 10.2. The second-order valence-corrected chi connectivity index (χ2v) is 2.88. The number of hydrogen-bond acceptors (Lipinski definition) is 2. The zero-order valence-electron chi connectivity index (χ0n) is 8.64. The van der Waals surface area contributed by atoms with Crippen molar-refractivity contribution in [2.45, 2.75) is 13.8 Å². The van der Waals surface area contributed by atoms with Crippen LogP contribution in [0.2, 0.25) is 0 Å². The zero-order chi connectivity index (χ0) is 10.4. The van der Waals surface area contributed by atoms with Crippen LogP contribution < -0.4 is 0 Å². The molecule has 14 heavy (non-hydrogen) atoms. The first kappa shape index (κ1) is 10.7. The Labute approximate surface area is 84.7 Å². The van der Waals surface area contributed by atoms with E-state index in [0.717, 1.165) is 5.56 Å². The topological polar surface area (TPSA) is 35.8 Å². The van der Waals surface area contributed by atoms with Crippen LogP contribution in [-0.2, 0) is 0 Å². The highest BCUT2D eigenvalue weighted by Crippen LogP contribution is 2.04. The number of amidine groups is 1. The van der Waals surface area contributed by atoms with Crippen molar-refractivity contribution in [3.63, 3.8) is 0 Å². The lowest BCUT2D eigenvalue weighted by Gasteiger charge is -2.16. The van der Waals surface area contributed by atoms with Crippen LogP contribution >= 0.6 is 0 Å². The standard InChI is InChI=1S/C11H16N2O/c1-3-12-11(13(14)4-2)10-8-6-5-7-9-10/h5-9,14H,3-4H2,1-2H3. The highest BCUT2D eigenvalue weighted by molar-refractivity contribution is 5.97. The van der Waals surface area contributed by atoms with Crippen LogP contribution in [0.3, 0.4) is 0 Å². The summed E-state index contributed by atoms with van der Waals surface area (Å²) in [5.41, 5.74) is 0.943. The third-order valence-electron chi connectivity index (χ3n) is 1.88. The summed E-state index contributed by atoms with van der Waals surface area (Å²) in [5, 5.41) is 10.8.